The molecule has 0 aliphatic carbocycles. The summed E-state index contributed by atoms with van der Waals surface area (Å²) < 4.78 is 7.89. The van der Waals surface area contributed by atoms with E-state index < -0.39 is 0 Å². The van der Waals surface area contributed by atoms with Gasteiger partial charge in [0.1, 0.15) is 30.7 Å². The molecule has 2 aromatic rings. The van der Waals surface area contributed by atoms with E-state index in [1.165, 1.54) is 11.3 Å². The van der Waals surface area contributed by atoms with Gasteiger partial charge < -0.3 is 15.0 Å². The number of nitrogens with one attached hydrogen (secondary N) is 1. The van der Waals surface area contributed by atoms with Crippen LogP contribution >= 0.6 is 0 Å². The molecular formula is C28H35N4O2+. The summed E-state index contributed by atoms with van der Waals surface area (Å²) in [6, 6.07) is 10.2. The van der Waals surface area contributed by atoms with Gasteiger partial charge in [-0.2, -0.15) is 0 Å². The molecule has 0 bridgehead atoms. The normalized spacial score (nSPS) is 16.8. The molecule has 0 atom stereocenters. The van der Waals surface area contributed by atoms with Crippen molar-refractivity contribution in [1.29, 1.82) is 0 Å². The van der Waals surface area contributed by atoms with Crippen molar-refractivity contribution in [1.82, 2.24) is 4.98 Å². The second-order valence-electron chi connectivity index (χ2n) is 9.25. The van der Waals surface area contributed by atoms with Gasteiger partial charge in [-0.05, 0) is 62.6 Å². The minimum absolute atomic E-state index is 0.151. The Balaban J connectivity index is 1.44. The molecule has 1 N–H and O–H groups in total. The first-order valence-electron chi connectivity index (χ1n) is 11.9. The topological polar surface area (TPSA) is 57.5 Å². The highest BCUT2D eigenvalue weighted by Gasteiger charge is 2.27. The second-order valence-corrected chi connectivity index (χ2v) is 9.25. The van der Waals surface area contributed by atoms with Gasteiger partial charge in [-0.15, -0.1) is 0 Å². The maximum atomic E-state index is 13.1. The minimum atomic E-state index is 0.151. The van der Waals surface area contributed by atoms with Crippen LogP contribution in [0.4, 0.5) is 11.4 Å². The number of ketones is 1. The van der Waals surface area contributed by atoms with E-state index in [9.17, 15) is 4.79 Å². The average Bonchev–Trinajstić information content (AvgIpc) is 3.12. The molecular weight excluding hydrogens is 424 g/mol. The van der Waals surface area contributed by atoms with Crippen molar-refractivity contribution < 1.29 is 14.1 Å². The maximum absolute atomic E-state index is 13.1. The van der Waals surface area contributed by atoms with Crippen LogP contribution in [0.15, 0.2) is 48.0 Å². The summed E-state index contributed by atoms with van der Waals surface area (Å²) >= 11 is 0. The third-order valence-electron chi connectivity index (χ3n) is 6.75. The Bertz CT molecular complexity index is 1220. The summed E-state index contributed by atoms with van der Waals surface area (Å²) in [5.74, 6) is 2.16. The smallest absolute Gasteiger partial charge is 0.185 e. The number of ether oxygens (including phenoxy) is 1. The minimum Gasteiger partial charge on any atom is -0.500 e. The van der Waals surface area contributed by atoms with Crippen molar-refractivity contribution in [3.8, 4) is 0 Å². The van der Waals surface area contributed by atoms with Gasteiger partial charge in [0, 0.05) is 31.6 Å². The van der Waals surface area contributed by atoms with Crippen molar-refractivity contribution >= 4 is 28.4 Å². The highest BCUT2D eigenvalue weighted by molar-refractivity contribution is 6.20. The first kappa shape index (κ1) is 23.7. The number of aromatic nitrogens is 1. The van der Waals surface area contributed by atoms with Gasteiger partial charge in [-0.3, -0.25) is 9.78 Å². The van der Waals surface area contributed by atoms with Crippen molar-refractivity contribution in [2.24, 2.45) is 0 Å². The van der Waals surface area contributed by atoms with E-state index in [0.29, 0.717) is 6.42 Å². The fraction of sp³-hybridized carbons (Fsp3) is 0.393. The molecule has 6 nitrogen and oxygen atoms in total. The monoisotopic (exact) mass is 459 g/mol. The molecule has 0 spiro atoms. The van der Waals surface area contributed by atoms with Crippen LogP contribution in [0.5, 0.6) is 0 Å². The SMILES string of the molecule is COC1=C(c2cc(C(=O)CCC/C=C3/Nc4ccc(C)cc4N3C)cc(C)n2)C(C)=[N+](C)CC1. The van der Waals surface area contributed by atoms with Gasteiger partial charge >= 0.3 is 0 Å². The summed E-state index contributed by atoms with van der Waals surface area (Å²) in [5, 5.41) is 3.47. The molecule has 0 saturated carbocycles. The van der Waals surface area contributed by atoms with Crippen molar-refractivity contribution in [2.75, 3.05) is 38.0 Å². The highest BCUT2D eigenvalue weighted by atomic mass is 16.5. The fourth-order valence-electron chi connectivity index (χ4n) is 4.65. The van der Waals surface area contributed by atoms with Crippen molar-refractivity contribution in [2.45, 2.75) is 46.5 Å². The molecule has 1 aromatic heterocycles. The number of nitrogens with zero attached hydrogens (tertiary/aromatic N) is 3. The average molecular weight is 460 g/mol. The zero-order valence-electron chi connectivity index (χ0n) is 21.2. The summed E-state index contributed by atoms with van der Waals surface area (Å²) in [4.78, 5) is 20.0. The molecule has 2 aliphatic rings. The van der Waals surface area contributed by atoms with Crippen LogP contribution in [0, 0.1) is 13.8 Å². The van der Waals surface area contributed by atoms with Crippen LogP contribution in [0.1, 0.15) is 59.9 Å². The quantitative estimate of drug-likeness (QED) is 0.345. The van der Waals surface area contributed by atoms with Crippen LogP contribution in [0.25, 0.3) is 5.57 Å². The van der Waals surface area contributed by atoms with Gasteiger partial charge in [0.05, 0.1) is 30.6 Å². The highest BCUT2D eigenvalue weighted by Crippen LogP contribution is 2.36. The summed E-state index contributed by atoms with van der Waals surface area (Å²) in [5.41, 5.74) is 8.06. The number of hydrogen-bond acceptors (Lipinski definition) is 5. The number of aryl methyl sites for hydroxylation is 2. The van der Waals surface area contributed by atoms with E-state index >= 15 is 0 Å². The fourth-order valence-corrected chi connectivity index (χ4v) is 4.65. The zero-order chi connectivity index (χ0) is 24.4. The molecule has 178 valence electrons. The molecule has 2 aliphatic heterocycles. The number of rotatable bonds is 7. The Morgan fingerprint density at radius 1 is 1.24 bits per heavy atom. The molecule has 0 amide bonds. The molecule has 6 heteroatoms. The Labute approximate surface area is 202 Å². The first-order valence-corrected chi connectivity index (χ1v) is 11.9. The van der Waals surface area contributed by atoms with E-state index in [-0.39, 0.29) is 5.78 Å². The number of carbonyl (C=O) groups excluding carboxylic acids is 1. The van der Waals surface area contributed by atoms with E-state index in [0.717, 1.165) is 71.3 Å². The number of hydrogen-bond donors (Lipinski definition) is 1. The van der Waals surface area contributed by atoms with Gasteiger partial charge in [-0.1, -0.05) is 6.07 Å². The van der Waals surface area contributed by atoms with E-state index in [2.05, 4.69) is 67.0 Å². The van der Waals surface area contributed by atoms with Crippen molar-refractivity contribution in [3.63, 3.8) is 0 Å². The van der Waals surface area contributed by atoms with Crippen LogP contribution < -0.4 is 10.2 Å². The molecule has 34 heavy (non-hydrogen) atoms. The second kappa shape index (κ2) is 9.84. The summed E-state index contributed by atoms with van der Waals surface area (Å²) in [6.07, 6.45) is 5.14. The van der Waals surface area contributed by atoms with E-state index in [1.807, 2.05) is 19.1 Å². The maximum Gasteiger partial charge on any atom is 0.185 e. The standard InChI is InChI=1S/C28H35N4O2/c1-18-11-12-22-24(15-18)32(5)27(30-22)10-8-7-9-25(33)21-16-19(2)29-23(17-21)28-20(3)31(4)14-13-26(28)34-6/h10-12,15-17,30H,7-9,13-14H2,1-6H3/q+1/b27-10-. The van der Waals surface area contributed by atoms with Crippen LogP contribution in [0.3, 0.4) is 0 Å². The van der Waals surface area contributed by atoms with E-state index in [4.69, 9.17) is 9.72 Å². The Kier molecular flexibility index (Phi) is 6.87. The molecule has 4 rings (SSSR count). The molecule has 0 saturated heterocycles. The number of unbranched alkanes of at least 4 members (excludes halogenated alkanes) is 1. The third-order valence-corrected chi connectivity index (χ3v) is 6.75. The number of Topliss-reactive ketones (excluding diaryl/α,β-unsaturated/α-hetero) is 1. The lowest BCUT2D eigenvalue weighted by Crippen LogP contribution is -2.25. The van der Waals surface area contributed by atoms with Crippen LogP contribution in [0.2, 0.25) is 0 Å². The summed E-state index contributed by atoms with van der Waals surface area (Å²) in [6.45, 7) is 7.05. The lowest BCUT2D eigenvalue weighted by molar-refractivity contribution is -0.497. The van der Waals surface area contributed by atoms with Gasteiger partial charge in [0.15, 0.2) is 11.5 Å². The molecule has 3 heterocycles. The van der Waals surface area contributed by atoms with Crippen LogP contribution in [-0.2, 0) is 4.74 Å². The summed E-state index contributed by atoms with van der Waals surface area (Å²) in [7, 11) is 5.86. The lowest BCUT2D eigenvalue weighted by atomic mass is 9.97. The Morgan fingerprint density at radius 3 is 2.79 bits per heavy atom. The largest absolute Gasteiger partial charge is 0.500 e. The van der Waals surface area contributed by atoms with Gasteiger partial charge in [0.2, 0.25) is 0 Å². The number of benzene rings is 1. The number of anilines is 2. The predicted molar refractivity (Wildman–Crippen MR) is 139 cm³/mol. The number of fused-ring (bicyclic) bond motifs is 1. The number of methoxy groups -OCH3 is 1. The number of carbonyl (C=O) groups is 1. The van der Waals surface area contributed by atoms with E-state index in [1.54, 1.807) is 7.11 Å². The molecule has 0 unspecified atom stereocenters. The van der Waals surface area contributed by atoms with Crippen LogP contribution in [-0.4, -0.2) is 48.8 Å². The van der Waals surface area contributed by atoms with Gasteiger partial charge in [-0.25, -0.2) is 4.58 Å². The molecule has 1 aromatic carbocycles. The molecule has 0 radical (unpaired) electrons. The lowest BCUT2D eigenvalue weighted by Gasteiger charge is -2.18. The molecule has 0 fully saturated rings. The van der Waals surface area contributed by atoms with Crippen molar-refractivity contribution in [3.05, 3.63) is 70.5 Å². The Morgan fingerprint density at radius 2 is 2.03 bits per heavy atom. The number of allylic oxidation sites excluding steroid dienone is 2. The zero-order valence-corrected chi connectivity index (χ0v) is 21.2. The predicted octanol–water partition coefficient (Wildman–Crippen LogP) is 5.32. The Hall–Kier alpha value is -3.41. The first-order chi connectivity index (χ1) is 16.3. The third kappa shape index (κ3) is 4.76. The number of pyridine rings is 1. The van der Waals surface area contributed by atoms with Gasteiger partial charge in [0.25, 0.3) is 0 Å².